The summed E-state index contributed by atoms with van der Waals surface area (Å²) < 4.78 is 10.3. The molecule has 0 aliphatic rings. The third-order valence-corrected chi connectivity index (χ3v) is 4.15. The van der Waals surface area contributed by atoms with Gasteiger partial charge in [-0.1, -0.05) is 50.6 Å². The molecule has 0 saturated heterocycles. The third kappa shape index (κ3) is 6.61. The summed E-state index contributed by atoms with van der Waals surface area (Å²) in [6.45, 7) is 7.55. The predicted octanol–water partition coefficient (Wildman–Crippen LogP) is 4.51. The van der Waals surface area contributed by atoms with Crippen LogP contribution in [0.5, 0.6) is 5.75 Å². The van der Waals surface area contributed by atoms with Gasteiger partial charge in [0.15, 0.2) is 13.2 Å². The molecule has 0 fully saturated rings. The Balaban J connectivity index is 1.77. The maximum Gasteiger partial charge on any atom is 0.344 e. The second kappa shape index (κ2) is 8.91. The second-order valence-electron chi connectivity index (χ2n) is 7.23. The summed E-state index contributed by atoms with van der Waals surface area (Å²) in [6, 6.07) is 12.7. The fourth-order valence-corrected chi connectivity index (χ4v) is 2.47. The van der Waals surface area contributed by atoms with Crippen LogP contribution in [0.3, 0.4) is 0 Å². The molecule has 6 heteroatoms. The van der Waals surface area contributed by atoms with E-state index in [1.165, 1.54) is 5.56 Å². The van der Waals surface area contributed by atoms with Crippen molar-refractivity contribution in [2.24, 2.45) is 0 Å². The molecule has 2 rings (SSSR count). The molecule has 2 aromatic carbocycles. The van der Waals surface area contributed by atoms with Crippen molar-refractivity contribution in [2.45, 2.75) is 33.1 Å². The molecular formula is C21H24ClNO4. The lowest BCUT2D eigenvalue weighted by Gasteiger charge is -2.19. The SMILES string of the molecule is Cc1ccc(Cl)cc1NC(=O)COC(=O)COc1ccc(C(C)(C)C)cc1. The number of amides is 1. The van der Waals surface area contributed by atoms with Crippen molar-refractivity contribution in [3.05, 3.63) is 58.6 Å². The minimum atomic E-state index is -0.618. The van der Waals surface area contributed by atoms with Gasteiger partial charge in [0.2, 0.25) is 0 Å². The van der Waals surface area contributed by atoms with Gasteiger partial charge in [0.05, 0.1) is 0 Å². The van der Waals surface area contributed by atoms with Crippen molar-refractivity contribution < 1.29 is 19.1 Å². The largest absolute Gasteiger partial charge is 0.482 e. The van der Waals surface area contributed by atoms with Crippen molar-refractivity contribution in [3.63, 3.8) is 0 Å². The zero-order chi connectivity index (χ0) is 20.0. The molecule has 1 N–H and O–H groups in total. The molecule has 0 saturated carbocycles. The lowest BCUT2D eigenvalue weighted by atomic mass is 9.87. The standard InChI is InChI=1S/C21H24ClNO4/c1-14-5-8-16(22)11-18(14)23-19(24)12-27-20(25)13-26-17-9-6-15(7-10-17)21(2,3)4/h5-11H,12-13H2,1-4H3,(H,23,24). The van der Waals surface area contributed by atoms with Crippen molar-refractivity contribution in [3.8, 4) is 5.75 Å². The van der Waals surface area contributed by atoms with Crippen LogP contribution in [0, 0.1) is 6.92 Å². The molecule has 0 aliphatic heterocycles. The van der Waals surface area contributed by atoms with Gasteiger partial charge in [-0.2, -0.15) is 0 Å². The van der Waals surface area contributed by atoms with Gasteiger partial charge in [-0.05, 0) is 47.7 Å². The Morgan fingerprint density at radius 3 is 2.33 bits per heavy atom. The molecule has 0 unspecified atom stereocenters. The van der Waals surface area contributed by atoms with Crippen molar-refractivity contribution >= 4 is 29.2 Å². The predicted molar refractivity (Wildman–Crippen MR) is 106 cm³/mol. The molecule has 144 valence electrons. The highest BCUT2D eigenvalue weighted by atomic mass is 35.5. The van der Waals surface area contributed by atoms with Gasteiger partial charge >= 0.3 is 5.97 Å². The first kappa shape index (κ1) is 20.8. The number of rotatable bonds is 6. The molecule has 0 radical (unpaired) electrons. The minimum Gasteiger partial charge on any atom is -0.482 e. The van der Waals surface area contributed by atoms with Crippen molar-refractivity contribution in [2.75, 3.05) is 18.5 Å². The highest BCUT2D eigenvalue weighted by Gasteiger charge is 2.14. The number of carbonyl (C=O) groups is 2. The van der Waals surface area contributed by atoms with Crippen LogP contribution in [-0.4, -0.2) is 25.1 Å². The van der Waals surface area contributed by atoms with Crippen LogP contribution in [0.25, 0.3) is 0 Å². The van der Waals surface area contributed by atoms with E-state index in [4.69, 9.17) is 21.1 Å². The minimum absolute atomic E-state index is 0.0478. The first-order valence-electron chi connectivity index (χ1n) is 8.60. The molecule has 1 amide bonds. The van der Waals surface area contributed by atoms with Crippen molar-refractivity contribution in [1.82, 2.24) is 0 Å². The van der Waals surface area contributed by atoms with E-state index in [0.717, 1.165) is 5.56 Å². The van der Waals surface area contributed by atoms with Gasteiger partial charge in [-0.15, -0.1) is 0 Å². The number of benzene rings is 2. The van der Waals surface area contributed by atoms with Crippen LogP contribution < -0.4 is 10.1 Å². The van der Waals surface area contributed by atoms with Crippen LogP contribution in [0.2, 0.25) is 5.02 Å². The van der Waals surface area contributed by atoms with Crippen LogP contribution in [0.15, 0.2) is 42.5 Å². The first-order chi connectivity index (χ1) is 12.6. The highest BCUT2D eigenvalue weighted by Crippen LogP contribution is 2.24. The third-order valence-electron chi connectivity index (χ3n) is 3.91. The fourth-order valence-electron chi connectivity index (χ4n) is 2.30. The molecule has 0 bridgehead atoms. The first-order valence-corrected chi connectivity index (χ1v) is 8.98. The quantitative estimate of drug-likeness (QED) is 0.738. The Bertz CT molecular complexity index is 810. The van der Waals surface area contributed by atoms with Crippen LogP contribution >= 0.6 is 11.6 Å². The van der Waals surface area contributed by atoms with Gasteiger partial charge in [0.1, 0.15) is 5.75 Å². The Morgan fingerprint density at radius 1 is 1.04 bits per heavy atom. The molecule has 0 spiro atoms. The summed E-state index contributed by atoms with van der Waals surface area (Å²) in [5.74, 6) is -0.491. The normalized spacial score (nSPS) is 11.0. The smallest absolute Gasteiger partial charge is 0.344 e. The Kier molecular flexibility index (Phi) is 6.86. The van der Waals surface area contributed by atoms with Gasteiger partial charge in [0.25, 0.3) is 5.91 Å². The zero-order valence-corrected chi connectivity index (χ0v) is 16.7. The highest BCUT2D eigenvalue weighted by molar-refractivity contribution is 6.31. The lowest BCUT2D eigenvalue weighted by molar-refractivity contribution is -0.149. The second-order valence-corrected chi connectivity index (χ2v) is 7.67. The molecular weight excluding hydrogens is 366 g/mol. The number of nitrogens with one attached hydrogen (secondary N) is 1. The number of anilines is 1. The maximum atomic E-state index is 11.9. The fraction of sp³-hybridized carbons (Fsp3) is 0.333. The molecule has 2 aromatic rings. The summed E-state index contributed by atoms with van der Waals surface area (Å²) in [7, 11) is 0. The number of hydrogen-bond acceptors (Lipinski definition) is 4. The Hall–Kier alpha value is -2.53. The summed E-state index contributed by atoms with van der Waals surface area (Å²) >= 11 is 5.91. The summed E-state index contributed by atoms with van der Waals surface area (Å²) in [5.41, 5.74) is 2.66. The lowest BCUT2D eigenvalue weighted by Crippen LogP contribution is -2.24. The van der Waals surface area contributed by atoms with E-state index in [1.807, 2.05) is 31.2 Å². The molecule has 0 aromatic heterocycles. The topological polar surface area (TPSA) is 64.6 Å². The van der Waals surface area contributed by atoms with E-state index in [1.54, 1.807) is 18.2 Å². The van der Waals surface area contributed by atoms with Crippen LogP contribution in [0.4, 0.5) is 5.69 Å². The van der Waals surface area contributed by atoms with Crippen LogP contribution in [0.1, 0.15) is 31.9 Å². The molecule has 27 heavy (non-hydrogen) atoms. The average Bonchev–Trinajstić information content (AvgIpc) is 2.61. The summed E-state index contributed by atoms with van der Waals surface area (Å²) in [6.07, 6.45) is 0. The van der Waals surface area contributed by atoms with E-state index in [0.29, 0.717) is 16.5 Å². The molecule has 0 aliphatic carbocycles. The number of ether oxygens (including phenoxy) is 2. The number of aryl methyl sites for hydroxylation is 1. The van der Waals surface area contributed by atoms with E-state index in [2.05, 4.69) is 26.1 Å². The molecule has 0 atom stereocenters. The summed E-state index contributed by atoms with van der Waals surface area (Å²) in [4.78, 5) is 23.7. The Morgan fingerprint density at radius 2 is 1.70 bits per heavy atom. The van der Waals surface area contributed by atoms with E-state index in [9.17, 15) is 9.59 Å². The van der Waals surface area contributed by atoms with Gasteiger partial charge in [-0.3, -0.25) is 4.79 Å². The van der Waals surface area contributed by atoms with Crippen molar-refractivity contribution in [1.29, 1.82) is 0 Å². The number of esters is 1. The molecule has 0 heterocycles. The number of halogens is 1. The Labute approximate surface area is 164 Å². The number of hydrogen-bond donors (Lipinski definition) is 1. The summed E-state index contributed by atoms with van der Waals surface area (Å²) in [5, 5.41) is 3.17. The molecule has 5 nitrogen and oxygen atoms in total. The van der Waals surface area contributed by atoms with Gasteiger partial charge in [-0.25, -0.2) is 4.79 Å². The van der Waals surface area contributed by atoms with Gasteiger partial charge < -0.3 is 14.8 Å². The average molecular weight is 390 g/mol. The van der Waals surface area contributed by atoms with E-state index in [-0.39, 0.29) is 12.0 Å². The van der Waals surface area contributed by atoms with Crippen LogP contribution in [-0.2, 0) is 19.7 Å². The monoisotopic (exact) mass is 389 g/mol. The van der Waals surface area contributed by atoms with E-state index >= 15 is 0 Å². The van der Waals surface area contributed by atoms with Gasteiger partial charge in [0, 0.05) is 10.7 Å². The maximum absolute atomic E-state index is 11.9. The van der Waals surface area contributed by atoms with E-state index < -0.39 is 18.5 Å². The number of carbonyl (C=O) groups excluding carboxylic acids is 2. The zero-order valence-electron chi connectivity index (χ0n) is 16.0.